The van der Waals surface area contributed by atoms with Gasteiger partial charge < -0.3 is 10.2 Å². The number of benzene rings is 1. The van der Waals surface area contributed by atoms with Crippen molar-refractivity contribution in [2.45, 2.75) is 6.04 Å². The molecule has 1 heterocycles. The molecule has 0 bridgehead atoms. The largest absolute Gasteiger partial charge is 0.457 e. The molecule has 0 radical (unpaired) electrons. The molecule has 0 aliphatic heterocycles. The molecule has 2 aromatic rings. The lowest BCUT2D eigenvalue weighted by molar-refractivity contribution is 0.534. The maximum atomic E-state index is 5.66. The summed E-state index contributed by atoms with van der Waals surface area (Å²) in [6.07, 6.45) is 5.22. The standard InChI is InChI=1S/C11H8BrNO/c1-2-9(13)10-6-7-4-3-5-8(12)11(7)14-10/h1,3-6,9H,13H2. The van der Waals surface area contributed by atoms with Gasteiger partial charge in [-0.1, -0.05) is 18.1 Å². The van der Waals surface area contributed by atoms with Gasteiger partial charge in [-0.15, -0.1) is 6.42 Å². The zero-order chi connectivity index (χ0) is 10.1. The SMILES string of the molecule is C#CC(N)c1cc2cccc(Br)c2o1. The van der Waals surface area contributed by atoms with Crippen molar-refractivity contribution in [3.8, 4) is 12.3 Å². The van der Waals surface area contributed by atoms with Crippen LogP contribution in [0.3, 0.4) is 0 Å². The molecule has 0 saturated heterocycles. The highest BCUT2D eigenvalue weighted by molar-refractivity contribution is 9.10. The van der Waals surface area contributed by atoms with E-state index in [2.05, 4.69) is 21.9 Å². The first-order valence-corrected chi connectivity index (χ1v) is 4.91. The number of para-hydroxylation sites is 1. The third-order valence-corrected chi connectivity index (χ3v) is 2.63. The van der Waals surface area contributed by atoms with Gasteiger partial charge in [0.05, 0.1) is 4.47 Å². The van der Waals surface area contributed by atoms with Crippen molar-refractivity contribution >= 4 is 26.9 Å². The van der Waals surface area contributed by atoms with Gasteiger partial charge in [0.1, 0.15) is 17.4 Å². The molecule has 14 heavy (non-hydrogen) atoms. The topological polar surface area (TPSA) is 39.2 Å². The molecule has 1 aromatic heterocycles. The molecule has 2 rings (SSSR count). The lowest BCUT2D eigenvalue weighted by atomic mass is 10.2. The Morgan fingerprint density at radius 1 is 1.50 bits per heavy atom. The van der Waals surface area contributed by atoms with Gasteiger partial charge in [0.15, 0.2) is 0 Å². The molecule has 0 fully saturated rings. The third kappa shape index (κ3) is 1.43. The average Bonchev–Trinajstić information content (AvgIpc) is 2.62. The molecule has 0 aliphatic carbocycles. The summed E-state index contributed by atoms with van der Waals surface area (Å²) in [5, 5.41) is 1.00. The van der Waals surface area contributed by atoms with Crippen LogP contribution >= 0.6 is 15.9 Å². The predicted octanol–water partition coefficient (Wildman–Crippen LogP) is 2.83. The quantitative estimate of drug-likeness (QED) is 0.790. The Hall–Kier alpha value is -1.24. The summed E-state index contributed by atoms with van der Waals surface area (Å²) in [6.45, 7) is 0. The summed E-state index contributed by atoms with van der Waals surface area (Å²) < 4.78 is 6.44. The Labute approximate surface area is 90.2 Å². The highest BCUT2D eigenvalue weighted by atomic mass is 79.9. The number of hydrogen-bond donors (Lipinski definition) is 1. The van der Waals surface area contributed by atoms with Crippen molar-refractivity contribution in [3.05, 3.63) is 34.5 Å². The Balaban J connectivity index is 2.64. The fourth-order valence-electron chi connectivity index (χ4n) is 1.28. The Kier molecular flexibility index (Phi) is 2.32. The fourth-order valence-corrected chi connectivity index (χ4v) is 1.75. The summed E-state index contributed by atoms with van der Waals surface area (Å²) in [5.74, 6) is 3.05. The van der Waals surface area contributed by atoms with Gasteiger partial charge in [0, 0.05) is 5.39 Å². The normalized spacial score (nSPS) is 12.6. The summed E-state index contributed by atoms with van der Waals surface area (Å²) >= 11 is 3.39. The van der Waals surface area contributed by atoms with Crippen LogP contribution in [0.15, 0.2) is 33.2 Å². The number of hydrogen-bond acceptors (Lipinski definition) is 2. The van der Waals surface area contributed by atoms with Gasteiger partial charge in [-0.25, -0.2) is 0 Å². The second kappa shape index (κ2) is 3.49. The van der Waals surface area contributed by atoms with Crippen molar-refractivity contribution in [1.29, 1.82) is 0 Å². The van der Waals surface area contributed by atoms with Crippen LogP contribution in [0.1, 0.15) is 11.8 Å². The van der Waals surface area contributed by atoms with E-state index < -0.39 is 6.04 Å². The predicted molar refractivity (Wildman–Crippen MR) is 59.7 cm³/mol. The van der Waals surface area contributed by atoms with Gasteiger partial charge >= 0.3 is 0 Å². The third-order valence-electron chi connectivity index (χ3n) is 2.00. The van der Waals surface area contributed by atoms with E-state index in [0.717, 1.165) is 15.4 Å². The van der Waals surface area contributed by atoms with Gasteiger partial charge in [0.25, 0.3) is 0 Å². The van der Waals surface area contributed by atoms with Crippen LogP contribution in [0.2, 0.25) is 0 Å². The number of halogens is 1. The van der Waals surface area contributed by atoms with Crippen LogP contribution in [0.5, 0.6) is 0 Å². The maximum absolute atomic E-state index is 5.66. The highest BCUT2D eigenvalue weighted by Crippen LogP contribution is 2.28. The minimum atomic E-state index is -0.478. The summed E-state index contributed by atoms with van der Waals surface area (Å²) in [4.78, 5) is 0. The molecule has 70 valence electrons. The first-order chi connectivity index (χ1) is 6.72. The number of terminal acetylenes is 1. The summed E-state index contributed by atoms with van der Waals surface area (Å²) in [6, 6.07) is 7.19. The lowest BCUT2D eigenvalue weighted by Gasteiger charge is -1.96. The van der Waals surface area contributed by atoms with Gasteiger partial charge in [0.2, 0.25) is 0 Å². The molecule has 0 saturated carbocycles. The van der Waals surface area contributed by atoms with Crippen molar-refractivity contribution < 1.29 is 4.42 Å². The van der Waals surface area contributed by atoms with Crippen molar-refractivity contribution in [3.63, 3.8) is 0 Å². The summed E-state index contributed by atoms with van der Waals surface area (Å²) in [5.41, 5.74) is 6.45. The Bertz CT molecular complexity index is 509. The minimum Gasteiger partial charge on any atom is -0.457 e. The van der Waals surface area contributed by atoms with Crippen molar-refractivity contribution in [2.75, 3.05) is 0 Å². The van der Waals surface area contributed by atoms with Crippen molar-refractivity contribution in [2.24, 2.45) is 5.73 Å². The van der Waals surface area contributed by atoms with Crippen LogP contribution < -0.4 is 5.73 Å². The lowest BCUT2D eigenvalue weighted by Crippen LogP contribution is -2.05. The van der Waals surface area contributed by atoms with E-state index in [1.165, 1.54) is 0 Å². The Morgan fingerprint density at radius 3 is 2.93 bits per heavy atom. The zero-order valence-electron chi connectivity index (χ0n) is 7.33. The second-order valence-electron chi connectivity index (χ2n) is 2.95. The molecule has 0 aliphatic rings. The van der Waals surface area contributed by atoms with E-state index in [0.29, 0.717) is 5.76 Å². The van der Waals surface area contributed by atoms with Crippen molar-refractivity contribution in [1.82, 2.24) is 0 Å². The monoisotopic (exact) mass is 249 g/mol. The number of rotatable bonds is 1. The number of fused-ring (bicyclic) bond motifs is 1. The highest BCUT2D eigenvalue weighted by Gasteiger charge is 2.10. The number of nitrogens with two attached hydrogens (primary N) is 1. The molecular weight excluding hydrogens is 242 g/mol. The molecule has 1 aromatic carbocycles. The molecule has 1 unspecified atom stereocenters. The van der Waals surface area contributed by atoms with Crippen LogP contribution in [0.25, 0.3) is 11.0 Å². The van der Waals surface area contributed by atoms with E-state index in [4.69, 9.17) is 16.6 Å². The van der Waals surface area contributed by atoms with E-state index >= 15 is 0 Å². The molecule has 3 heteroatoms. The van der Waals surface area contributed by atoms with Crippen LogP contribution in [-0.2, 0) is 0 Å². The van der Waals surface area contributed by atoms with Crippen LogP contribution in [0, 0.1) is 12.3 Å². The maximum Gasteiger partial charge on any atom is 0.148 e. The first kappa shape index (κ1) is 9.32. The zero-order valence-corrected chi connectivity index (χ0v) is 8.91. The van der Waals surface area contributed by atoms with E-state index in [1.54, 1.807) is 0 Å². The molecule has 2 N–H and O–H groups in total. The molecule has 2 nitrogen and oxygen atoms in total. The molecule has 1 atom stereocenters. The second-order valence-corrected chi connectivity index (χ2v) is 3.81. The summed E-state index contributed by atoms with van der Waals surface area (Å²) in [7, 11) is 0. The van der Waals surface area contributed by atoms with Crippen LogP contribution in [0.4, 0.5) is 0 Å². The smallest absolute Gasteiger partial charge is 0.148 e. The van der Waals surface area contributed by atoms with Gasteiger partial charge in [-0.3, -0.25) is 0 Å². The molecule has 0 spiro atoms. The minimum absolute atomic E-state index is 0.478. The van der Waals surface area contributed by atoms with Crippen LogP contribution in [-0.4, -0.2) is 0 Å². The Morgan fingerprint density at radius 2 is 2.29 bits per heavy atom. The average molecular weight is 250 g/mol. The van der Waals surface area contributed by atoms with E-state index in [1.807, 2.05) is 24.3 Å². The molecular formula is C11H8BrNO. The van der Waals surface area contributed by atoms with E-state index in [9.17, 15) is 0 Å². The van der Waals surface area contributed by atoms with Gasteiger partial charge in [-0.05, 0) is 28.1 Å². The van der Waals surface area contributed by atoms with Gasteiger partial charge in [-0.2, -0.15) is 0 Å². The molecule has 0 amide bonds. The van der Waals surface area contributed by atoms with E-state index in [-0.39, 0.29) is 0 Å². The number of furan rings is 1. The first-order valence-electron chi connectivity index (χ1n) is 4.12. The fraction of sp³-hybridized carbons (Fsp3) is 0.0909.